The van der Waals surface area contributed by atoms with Crippen molar-refractivity contribution in [3.63, 3.8) is 0 Å². The number of rotatable bonds is 7. The number of likely N-dealkylation sites (tertiary alicyclic amines) is 1. The van der Waals surface area contributed by atoms with Crippen molar-refractivity contribution in [2.45, 2.75) is 19.3 Å². The molecule has 2 amide bonds. The number of hydrogen-bond donors (Lipinski definition) is 1. The highest BCUT2D eigenvalue weighted by Gasteiger charge is 2.25. The Morgan fingerprint density at radius 2 is 1.44 bits per heavy atom. The molecule has 0 saturated carbocycles. The summed E-state index contributed by atoms with van der Waals surface area (Å²) in [6, 6.07) is 22.3. The molecule has 1 N–H and O–H groups in total. The molecule has 0 aliphatic carbocycles. The van der Waals surface area contributed by atoms with Crippen LogP contribution in [-0.4, -0.2) is 44.0 Å². The highest BCUT2D eigenvalue weighted by Crippen LogP contribution is 2.26. The number of amides is 2. The molecule has 1 saturated heterocycles. The number of methoxy groups -OCH3 is 2. The molecule has 0 spiro atoms. The largest absolute Gasteiger partial charge is 0.497 e. The van der Waals surface area contributed by atoms with Crippen LogP contribution in [0.2, 0.25) is 0 Å². The Morgan fingerprint density at radius 3 is 2.06 bits per heavy atom. The molecule has 34 heavy (non-hydrogen) atoms. The highest BCUT2D eigenvalue weighted by atomic mass is 16.5. The Kier molecular flexibility index (Phi) is 7.48. The van der Waals surface area contributed by atoms with Gasteiger partial charge in [0.1, 0.15) is 11.5 Å². The molecule has 3 aromatic carbocycles. The van der Waals surface area contributed by atoms with Gasteiger partial charge in [-0.25, -0.2) is 0 Å². The minimum atomic E-state index is -0.263. The lowest BCUT2D eigenvalue weighted by atomic mass is 9.90. The highest BCUT2D eigenvalue weighted by molar-refractivity contribution is 6.09. The average Bonchev–Trinajstić information content (AvgIpc) is 2.89. The number of nitrogens with one attached hydrogen (secondary N) is 1. The van der Waals surface area contributed by atoms with Gasteiger partial charge in [0, 0.05) is 18.7 Å². The number of hydrogen-bond acceptors (Lipinski definition) is 4. The quantitative estimate of drug-likeness (QED) is 0.538. The number of piperidine rings is 1. The summed E-state index contributed by atoms with van der Waals surface area (Å²) < 4.78 is 10.4. The molecule has 6 heteroatoms. The van der Waals surface area contributed by atoms with Crippen molar-refractivity contribution in [3.05, 3.63) is 89.5 Å². The fourth-order valence-corrected chi connectivity index (χ4v) is 4.32. The van der Waals surface area contributed by atoms with Gasteiger partial charge in [-0.05, 0) is 79.3 Å². The molecular formula is C28H30N2O4. The van der Waals surface area contributed by atoms with Crippen LogP contribution in [0.1, 0.15) is 39.1 Å². The predicted molar refractivity (Wildman–Crippen MR) is 133 cm³/mol. The monoisotopic (exact) mass is 458 g/mol. The molecule has 1 heterocycles. The number of para-hydroxylation sites is 1. The summed E-state index contributed by atoms with van der Waals surface area (Å²) in [5, 5.41) is 2.90. The van der Waals surface area contributed by atoms with Gasteiger partial charge in [0.25, 0.3) is 11.8 Å². The van der Waals surface area contributed by atoms with E-state index in [0.717, 1.165) is 25.0 Å². The lowest BCUT2D eigenvalue weighted by Gasteiger charge is -2.32. The molecule has 176 valence electrons. The van der Waals surface area contributed by atoms with Crippen molar-refractivity contribution in [1.82, 2.24) is 4.90 Å². The maximum atomic E-state index is 13.3. The average molecular weight is 459 g/mol. The molecule has 0 unspecified atom stereocenters. The van der Waals surface area contributed by atoms with Crippen LogP contribution >= 0.6 is 0 Å². The second kappa shape index (κ2) is 10.9. The minimum Gasteiger partial charge on any atom is -0.497 e. The molecule has 4 rings (SSSR count). The zero-order valence-corrected chi connectivity index (χ0v) is 19.6. The van der Waals surface area contributed by atoms with Gasteiger partial charge < -0.3 is 19.7 Å². The summed E-state index contributed by atoms with van der Waals surface area (Å²) in [4.78, 5) is 27.9. The zero-order chi connectivity index (χ0) is 23.9. The molecule has 0 radical (unpaired) electrons. The summed E-state index contributed by atoms with van der Waals surface area (Å²) in [6.45, 7) is 1.42. The summed E-state index contributed by atoms with van der Waals surface area (Å²) in [5.74, 6) is 1.78. The van der Waals surface area contributed by atoms with Gasteiger partial charge in [-0.3, -0.25) is 9.59 Å². The van der Waals surface area contributed by atoms with E-state index in [1.54, 1.807) is 50.6 Å². The first-order chi connectivity index (χ1) is 16.6. The van der Waals surface area contributed by atoms with E-state index in [1.165, 1.54) is 5.56 Å². The first kappa shape index (κ1) is 23.4. The van der Waals surface area contributed by atoms with Crippen LogP contribution in [-0.2, 0) is 6.42 Å². The van der Waals surface area contributed by atoms with E-state index in [1.807, 2.05) is 29.2 Å². The maximum Gasteiger partial charge on any atom is 0.255 e. The fourth-order valence-electron chi connectivity index (χ4n) is 4.32. The van der Waals surface area contributed by atoms with Gasteiger partial charge >= 0.3 is 0 Å². The molecule has 1 aliphatic heterocycles. The van der Waals surface area contributed by atoms with Gasteiger partial charge in [-0.2, -0.15) is 0 Å². The van der Waals surface area contributed by atoms with E-state index in [4.69, 9.17) is 9.47 Å². The van der Waals surface area contributed by atoms with E-state index >= 15 is 0 Å². The first-order valence-electron chi connectivity index (χ1n) is 11.5. The van der Waals surface area contributed by atoms with Crippen LogP contribution in [0.5, 0.6) is 11.5 Å². The Hall–Kier alpha value is -3.80. The van der Waals surface area contributed by atoms with Gasteiger partial charge in [0.15, 0.2) is 0 Å². The van der Waals surface area contributed by atoms with Crippen LogP contribution in [0.15, 0.2) is 72.8 Å². The number of ether oxygens (including phenoxy) is 2. The third-order valence-electron chi connectivity index (χ3n) is 6.34. The SMILES string of the molecule is COc1ccc(CC2CCN(C(=O)c3ccccc3NC(=O)c3ccc(OC)cc3)CC2)cc1. The molecule has 6 nitrogen and oxygen atoms in total. The molecular weight excluding hydrogens is 428 g/mol. The van der Waals surface area contributed by atoms with Crippen LogP contribution in [0.25, 0.3) is 0 Å². The molecule has 1 aliphatic rings. The Bertz CT molecular complexity index is 1120. The summed E-state index contributed by atoms with van der Waals surface area (Å²) in [7, 11) is 3.25. The lowest BCUT2D eigenvalue weighted by molar-refractivity contribution is 0.0691. The predicted octanol–water partition coefficient (Wildman–Crippen LogP) is 5.05. The second-order valence-electron chi connectivity index (χ2n) is 8.52. The third-order valence-corrected chi connectivity index (χ3v) is 6.34. The fraction of sp³-hybridized carbons (Fsp3) is 0.286. The normalized spacial score (nSPS) is 13.9. The summed E-state index contributed by atoms with van der Waals surface area (Å²) in [6.07, 6.45) is 2.91. The molecule has 0 atom stereocenters. The summed E-state index contributed by atoms with van der Waals surface area (Å²) in [5.41, 5.74) is 2.83. The lowest BCUT2D eigenvalue weighted by Crippen LogP contribution is -2.39. The number of anilines is 1. The molecule has 3 aromatic rings. The number of carbonyl (C=O) groups excluding carboxylic acids is 2. The maximum absolute atomic E-state index is 13.3. The summed E-state index contributed by atoms with van der Waals surface area (Å²) >= 11 is 0. The number of benzene rings is 3. The van der Waals surface area contributed by atoms with E-state index in [0.29, 0.717) is 41.6 Å². The zero-order valence-electron chi connectivity index (χ0n) is 19.6. The van der Waals surface area contributed by atoms with Crippen molar-refractivity contribution < 1.29 is 19.1 Å². The Morgan fingerprint density at radius 1 is 0.853 bits per heavy atom. The molecule has 0 aromatic heterocycles. The van der Waals surface area contributed by atoms with Gasteiger partial charge in [0.2, 0.25) is 0 Å². The second-order valence-corrected chi connectivity index (χ2v) is 8.52. The minimum absolute atomic E-state index is 0.0477. The van der Waals surface area contributed by atoms with E-state index in [2.05, 4.69) is 17.4 Å². The Balaban J connectivity index is 1.37. The van der Waals surface area contributed by atoms with Gasteiger partial charge in [0.05, 0.1) is 25.5 Å². The van der Waals surface area contributed by atoms with Crippen LogP contribution in [0, 0.1) is 5.92 Å². The Labute approximate surface area is 200 Å². The van der Waals surface area contributed by atoms with Crippen molar-refractivity contribution >= 4 is 17.5 Å². The first-order valence-corrected chi connectivity index (χ1v) is 11.5. The molecule has 1 fully saturated rings. The van der Waals surface area contributed by atoms with Crippen LogP contribution in [0.3, 0.4) is 0 Å². The van der Waals surface area contributed by atoms with Crippen LogP contribution in [0.4, 0.5) is 5.69 Å². The third kappa shape index (κ3) is 5.57. The van der Waals surface area contributed by atoms with E-state index < -0.39 is 0 Å². The standard InChI is InChI=1S/C28H30N2O4/c1-33-23-11-7-20(8-12-23)19-21-15-17-30(18-16-21)28(32)25-5-3-4-6-26(25)29-27(31)22-9-13-24(34-2)14-10-22/h3-14,21H,15-19H2,1-2H3,(H,29,31). The number of carbonyl (C=O) groups is 2. The van der Waals surface area contributed by atoms with Crippen molar-refractivity contribution in [1.29, 1.82) is 0 Å². The topological polar surface area (TPSA) is 67.9 Å². The van der Waals surface area contributed by atoms with E-state index in [-0.39, 0.29) is 11.8 Å². The van der Waals surface area contributed by atoms with Crippen LogP contribution < -0.4 is 14.8 Å². The van der Waals surface area contributed by atoms with E-state index in [9.17, 15) is 9.59 Å². The smallest absolute Gasteiger partial charge is 0.255 e. The van der Waals surface area contributed by atoms with Crippen molar-refractivity contribution in [2.24, 2.45) is 5.92 Å². The molecule has 0 bridgehead atoms. The van der Waals surface area contributed by atoms with Crippen molar-refractivity contribution in [2.75, 3.05) is 32.6 Å². The van der Waals surface area contributed by atoms with Gasteiger partial charge in [-0.15, -0.1) is 0 Å². The van der Waals surface area contributed by atoms with Crippen molar-refractivity contribution in [3.8, 4) is 11.5 Å². The number of nitrogens with zero attached hydrogens (tertiary/aromatic N) is 1. The van der Waals surface area contributed by atoms with Gasteiger partial charge in [-0.1, -0.05) is 24.3 Å².